The van der Waals surface area contributed by atoms with Crippen molar-refractivity contribution in [1.82, 2.24) is 0 Å². The second kappa shape index (κ2) is 20.4. The maximum absolute atomic E-state index is 13.6. The zero-order valence-corrected chi connectivity index (χ0v) is 27.5. The summed E-state index contributed by atoms with van der Waals surface area (Å²) in [5.41, 5.74) is -1.55. The van der Waals surface area contributed by atoms with Gasteiger partial charge in [0.2, 0.25) is 0 Å². The van der Waals surface area contributed by atoms with Crippen LogP contribution < -0.4 is 0 Å². The van der Waals surface area contributed by atoms with E-state index in [4.69, 9.17) is 9.47 Å². The van der Waals surface area contributed by atoms with Crippen molar-refractivity contribution < 1.29 is 28.7 Å². The highest BCUT2D eigenvalue weighted by molar-refractivity contribution is 6.08. The number of hydrogen-bond acceptors (Lipinski definition) is 6. The van der Waals surface area contributed by atoms with Crippen molar-refractivity contribution in [2.75, 3.05) is 0 Å². The molecule has 6 heteroatoms. The lowest BCUT2D eigenvalue weighted by molar-refractivity contribution is -0.153. The van der Waals surface area contributed by atoms with E-state index in [0.717, 1.165) is 77.0 Å². The van der Waals surface area contributed by atoms with Crippen LogP contribution in [0.5, 0.6) is 0 Å². The lowest BCUT2D eigenvalue weighted by atomic mass is 9.74. The number of carbonyl (C=O) groups excluding carboxylic acids is 4. The molecule has 42 heavy (non-hydrogen) atoms. The average molecular weight is 587 g/mol. The Labute approximate surface area is 255 Å². The molecule has 0 amide bonds. The quantitative estimate of drug-likeness (QED) is 0.0992. The SMILES string of the molecule is CCCCC(CCCC)(CCCC)C(=O)OC(=O)c1ccccc1C(=O)OC(=O)C(CCCC)(CCCC)CCCC. The van der Waals surface area contributed by atoms with Gasteiger partial charge in [-0.3, -0.25) is 9.59 Å². The van der Waals surface area contributed by atoms with Crippen molar-refractivity contribution in [2.45, 2.75) is 157 Å². The maximum atomic E-state index is 13.6. The van der Waals surface area contributed by atoms with Crippen LogP contribution in [-0.2, 0) is 19.1 Å². The topological polar surface area (TPSA) is 86.7 Å². The number of unbranched alkanes of at least 4 members (excludes halogenated alkanes) is 6. The summed E-state index contributed by atoms with van der Waals surface area (Å²) in [4.78, 5) is 54.1. The molecule has 1 aromatic rings. The number of hydrogen-bond donors (Lipinski definition) is 0. The van der Waals surface area contributed by atoms with Gasteiger partial charge in [0.15, 0.2) is 0 Å². The van der Waals surface area contributed by atoms with Gasteiger partial charge in [0, 0.05) is 0 Å². The summed E-state index contributed by atoms with van der Waals surface area (Å²) in [5, 5.41) is 0. The minimum atomic E-state index is -0.872. The maximum Gasteiger partial charge on any atom is 0.346 e. The lowest BCUT2D eigenvalue weighted by Gasteiger charge is -2.32. The van der Waals surface area contributed by atoms with Crippen LogP contribution in [0.2, 0.25) is 0 Å². The second-order valence-corrected chi connectivity index (χ2v) is 12.1. The summed E-state index contributed by atoms with van der Waals surface area (Å²) < 4.78 is 11.1. The first-order chi connectivity index (χ1) is 20.2. The van der Waals surface area contributed by atoms with Crippen molar-refractivity contribution in [3.05, 3.63) is 35.4 Å². The first-order valence-electron chi connectivity index (χ1n) is 16.8. The molecule has 6 nitrogen and oxygen atoms in total. The van der Waals surface area contributed by atoms with Crippen molar-refractivity contribution in [2.24, 2.45) is 10.8 Å². The Morgan fingerprint density at radius 1 is 0.476 bits per heavy atom. The predicted octanol–water partition coefficient (Wildman–Crippen LogP) is 10.2. The third kappa shape index (κ3) is 11.3. The Hall–Kier alpha value is -2.50. The molecular formula is C36H58O6. The van der Waals surface area contributed by atoms with Crippen molar-refractivity contribution in [1.29, 1.82) is 0 Å². The molecule has 0 aliphatic carbocycles. The molecule has 0 aliphatic heterocycles. The van der Waals surface area contributed by atoms with Gasteiger partial charge < -0.3 is 9.47 Å². The number of rotatable bonds is 22. The third-order valence-electron chi connectivity index (χ3n) is 8.66. The molecule has 0 N–H and O–H groups in total. The highest BCUT2D eigenvalue weighted by Gasteiger charge is 2.41. The van der Waals surface area contributed by atoms with Gasteiger partial charge >= 0.3 is 23.9 Å². The van der Waals surface area contributed by atoms with E-state index in [0.29, 0.717) is 38.5 Å². The van der Waals surface area contributed by atoms with Gasteiger partial charge in [-0.15, -0.1) is 0 Å². The Balaban J connectivity index is 3.29. The number of esters is 4. The molecule has 0 aliphatic rings. The molecule has 0 saturated heterocycles. The molecule has 1 aromatic carbocycles. The van der Waals surface area contributed by atoms with Gasteiger partial charge in [0.05, 0.1) is 22.0 Å². The molecule has 0 fully saturated rings. The summed E-state index contributed by atoms with van der Waals surface area (Å²) in [6.45, 7) is 12.5. The van der Waals surface area contributed by atoms with Gasteiger partial charge in [0.25, 0.3) is 0 Å². The zero-order valence-electron chi connectivity index (χ0n) is 27.5. The van der Waals surface area contributed by atoms with E-state index in [9.17, 15) is 19.2 Å². The van der Waals surface area contributed by atoms with Crippen molar-refractivity contribution >= 4 is 23.9 Å². The molecule has 0 atom stereocenters. The van der Waals surface area contributed by atoms with Crippen LogP contribution in [0.25, 0.3) is 0 Å². The van der Waals surface area contributed by atoms with E-state index in [1.165, 1.54) is 12.1 Å². The van der Waals surface area contributed by atoms with Crippen molar-refractivity contribution in [3.63, 3.8) is 0 Å². The second-order valence-electron chi connectivity index (χ2n) is 12.1. The molecule has 0 heterocycles. The van der Waals surface area contributed by atoms with Crippen LogP contribution in [0.1, 0.15) is 178 Å². The highest BCUT2D eigenvalue weighted by atomic mass is 16.6. The first kappa shape index (κ1) is 37.5. The lowest BCUT2D eigenvalue weighted by Crippen LogP contribution is -2.36. The van der Waals surface area contributed by atoms with Gasteiger partial charge in [-0.2, -0.15) is 0 Å². The van der Waals surface area contributed by atoms with E-state index >= 15 is 0 Å². The van der Waals surface area contributed by atoms with Crippen LogP contribution >= 0.6 is 0 Å². The Bertz CT molecular complexity index is 845. The summed E-state index contributed by atoms with van der Waals surface area (Å²) >= 11 is 0. The fraction of sp³-hybridized carbons (Fsp3) is 0.722. The van der Waals surface area contributed by atoms with Crippen LogP contribution in [0.4, 0.5) is 0 Å². The van der Waals surface area contributed by atoms with Crippen LogP contribution in [-0.4, -0.2) is 23.9 Å². The molecular weight excluding hydrogens is 528 g/mol. The number of ether oxygens (including phenoxy) is 2. The zero-order chi connectivity index (χ0) is 31.4. The summed E-state index contributed by atoms with van der Waals surface area (Å²) in [5.74, 6) is -2.77. The minimum Gasteiger partial charge on any atom is -0.389 e. The Kier molecular flexibility index (Phi) is 18.2. The summed E-state index contributed by atoms with van der Waals surface area (Å²) in [6, 6.07) is 6.15. The van der Waals surface area contributed by atoms with Gasteiger partial charge in [-0.25, -0.2) is 9.59 Å². The van der Waals surface area contributed by atoms with Crippen molar-refractivity contribution in [3.8, 4) is 0 Å². The van der Waals surface area contributed by atoms with Crippen LogP contribution in [0, 0.1) is 10.8 Å². The van der Waals surface area contributed by atoms with E-state index in [1.54, 1.807) is 12.1 Å². The van der Waals surface area contributed by atoms with Gasteiger partial charge in [-0.05, 0) is 50.7 Å². The van der Waals surface area contributed by atoms with E-state index in [2.05, 4.69) is 41.5 Å². The van der Waals surface area contributed by atoms with Crippen LogP contribution in [0.15, 0.2) is 24.3 Å². The number of benzene rings is 1. The van der Waals surface area contributed by atoms with E-state index in [-0.39, 0.29) is 11.1 Å². The Morgan fingerprint density at radius 2 is 0.714 bits per heavy atom. The normalized spacial score (nSPS) is 11.8. The fourth-order valence-electron chi connectivity index (χ4n) is 5.79. The predicted molar refractivity (Wildman–Crippen MR) is 169 cm³/mol. The standard InChI is InChI=1S/C36H58O6/c1-7-13-23-35(24-14-8-2,25-15-9-3)33(39)41-31(37)29-21-19-20-22-30(29)32(38)42-34(40)36(26-16-10-4,27-17-11-5)28-18-12-6/h19-22H,7-18,23-28H2,1-6H3. The van der Waals surface area contributed by atoms with E-state index in [1.807, 2.05) is 0 Å². The minimum absolute atomic E-state index is 0.0553. The molecule has 0 bridgehead atoms. The molecule has 0 spiro atoms. The number of carbonyl (C=O) groups is 4. The monoisotopic (exact) mass is 586 g/mol. The molecule has 0 saturated carbocycles. The Morgan fingerprint density at radius 3 is 0.929 bits per heavy atom. The molecule has 0 radical (unpaired) electrons. The largest absolute Gasteiger partial charge is 0.389 e. The fourth-order valence-corrected chi connectivity index (χ4v) is 5.79. The average Bonchev–Trinajstić information content (AvgIpc) is 3.00. The summed E-state index contributed by atoms with van der Waals surface area (Å²) in [7, 11) is 0. The van der Waals surface area contributed by atoms with Gasteiger partial charge in [0.1, 0.15) is 0 Å². The summed E-state index contributed by atoms with van der Waals surface area (Å²) in [6.07, 6.45) is 14.9. The molecule has 0 aromatic heterocycles. The molecule has 238 valence electrons. The third-order valence-corrected chi connectivity index (χ3v) is 8.66. The smallest absolute Gasteiger partial charge is 0.346 e. The van der Waals surface area contributed by atoms with Gasteiger partial charge in [-0.1, -0.05) is 131 Å². The molecule has 0 unspecified atom stereocenters. The molecule has 1 rings (SSSR count). The van der Waals surface area contributed by atoms with E-state index < -0.39 is 34.7 Å². The highest BCUT2D eigenvalue weighted by Crippen LogP contribution is 2.40. The first-order valence-corrected chi connectivity index (χ1v) is 16.8. The van der Waals surface area contributed by atoms with Crippen LogP contribution in [0.3, 0.4) is 0 Å².